The second kappa shape index (κ2) is 8.11. The van der Waals surface area contributed by atoms with Crippen LogP contribution in [0.2, 0.25) is 0 Å². The molecule has 0 N–H and O–H groups in total. The lowest BCUT2D eigenvalue weighted by Crippen LogP contribution is -2.21. The summed E-state index contributed by atoms with van der Waals surface area (Å²) in [4.78, 5) is 10.2. The van der Waals surface area contributed by atoms with Gasteiger partial charge in [-0.2, -0.15) is 5.26 Å². The van der Waals surface area contributed by atoms with Gasteiger partial charge in [0.05, 0.1) is 11.5 Å². The minimum Gasteiger partial charge on any atom is -0.460 e. The first-order valence-corrected chi connectivity index (χ1v) is 6.21. The lowest BCUT2D eigenvalue weighted by molar-refractivity contribution is -0.151. The maximum Gasteiger partial charge on any atom is 0.303 e. The second-order valence-electron chi connectivity index (χ2n) is 5.48. The van der Waals surface area contributed by atoms with Crippen molar-refractivity contribution in [3.63, 3.8) is 0 Å². The van der Waals surface area contributed by atoms with Gasteiger partial charge >= 0.3 is 5.97 Å². The first-order chi connectivity index (χ1) is 7.60. The van der Waals surface area contributed by atoms with Gasteiger partial charge in [-0.1, -0.05) is 20.3 Å². The average Bonchev–Trinajstić information content (AvgIpc) is 2.15. The number of rotatable bonds is 3. The highest BCUT2D eigenvalue weighted by Crippen LogP contribution is 2.25. The molecule has 0 rings (SSSR count). The van der Waals surface area contributed by atoms with E-state index in [4.69, 9.17) is 10.00 Å². The van der Waals surface area contributed by atoms with E-state index >= 15 is 0 Å². The Morgan fingerprint density at radius 2 is 1.71 bits per heavy atom. The van der Waals surface area contributed by atoms with Crippen molar-refractivity contribution in [2.45, 2.75) is 73.3 Å². The van der Waals surface area contributed by atoms with E-state index in [1.807, 2.05) is 27.7 Å². The second-order valence-corrected chi connectivity index (χ2v) is 5.48. The lowest BCUT2D eigenvalue weighted by atomic mass is 9.85. The van der Waals surface area contributed by atoms with Crippen molar-refractivity contribution in [3.8, 4) is 6.07 Å². The standard InChI is InChI=1S/C8H15N.C6H12O2/c1-4-6-8(3,5-2)7-9;1-5(7)8-6(2,3)4/h4-6H2,1-3H3;1-4H3. The van der Waals surface area contributed by atoms with Crippen LogP contribution in [-0.4, -0.2) is 11.6 Å². The van der Waals surface area contributed by atoms with Gasteiger partial charge in [0, 0.05) is 6.92 Å². The average molecular weight is 241 g/mol. The molecule has 0 amide bonds. The molecule has 17 heavy (non-hydrogen) atoms. The maximum atomic E-state index is 10.2. The van der Waals surface area contributed by atoms with E-state index in [0.29, 0.717) is 0 Å². The van der Waals surface area contributed by atoms with Gasteiger partial charge in [-0.05, 0) is 40.5 Å². The fourth-order valence-electron chi connectivity index (χ4n) is 1.29. The molecule has 0 aliphatic heterocycles. The zero-order valence-corrected chi connectivity index (χ0v) is 12.4. The summed E-state index contributed by atoms with van der Waals surface area (Å²) in [7, 11) is 0. The van der Waals surface area contributed by atoms with Crippen LogP contribution in [0.25, 0.3) is 0 Å². The molecule has 0 heterocycles. The molecular formula is C14H27NO2. The van der Waals surface area contributed by atoms with Crippen LogP contribution < -0.4 is 0 Å². The largest absolute Gasteiger partial charge is 0.460 e. The van der Waals surface area contributed by atoms with Crippen molar-refractivity contribution in [2.75, 3.05) is 0 Å². The topological polar surface area (TPSA) is 50.1 Å². The van der Waals surface area contributed by atoms with Gasteiger partial charge in [-0.3, -0.25) is 4.79 Å². The predicted octanol–water partition coefficient (Wildman–Crippen LogP) is 4.07. The predicted molar refractivity (Wildman–Crippen MR) is 70.4 cm³/mol. The van der Waals surface area contributed by atoms with Gasteiger partial charge in [0.15, 0.2) is 0 Å². The van der Waals surface area contributed by atoms with Crippen molar-refractivity contribution >= 4 is 5.97 Å². The van der Waals surface area contributed by atoms with Crippen molar-refractivity contribution in [2.24, 2.45) is 5.41 Å². The highest BCUT2D eigenvalue weighted by molar-refractivity contribution is 5.66. The van der Waals surface area contributed by atoms with Crippen molar-refractivity contribution in [3.05, 3.63) is 0 Å². The summed E-state index contributed by atoms with van der Waals surface area (Å²) in [5.41, 5.74) is -0.388. The Morgan fingerprint density at radius 3 is 1.76 bits per heavy atom. The molecule has 3 heteroatoms. The van der Waals surface area contributed by atoms with Gasteiger partial charge in [0.1, 0.15) is 5.60 Å². The first-order valence-electron chi connectivity index (χ1n) is 6.21. The van der Waals surface area contributed by atoms with Gasteiger partial charge in [0.2, 0.25) is 0 Å². The summed E-state index contributed by atoms with van der Waals surface area (Å²) in [6.45, 7) is 13.1. The van der Waals surface area contributed by atoms with Crippen LogP contribution in [0.5, 0.6) is 0 Å². The van der Waals surface area contributed by atoms with E-state index in [2.05, 4.69) is 19.9 Å². The Labute approximate surface area is 106 Å². The molecule has 100 valence electrons. The highest BCUT2D eigenvalue weighted by Gasteiger charge is 2.18. The third-order valence-corrected chi connectivity index (χ3v) is 2.30. The zero-order valence-electron chi connectivity index (χ0n) is 12.4. The molecule has 0 aromatic heterocycles. The molecule has 0 aromatic rings. The minimum absolute atomic E-state index is 0.0608. The van der Waals surface area contributed by atoms with E-state index < -0.39 is 0 Å². The molecule has 0 aromatic carbocycles. The number of hydrogen-bond acceptors (Lipinski definition) is 3. The Kier molecular flexibility index (Phi) is 8.74. The van der Waals surface area contributed by atoms with E-state index in [0.717, 1.165) is 19.3 Å². The van der Waals surface area contributed by atoms with Gasteiger partial charge in [-0.15, -0.1) is 0 Å². The summed E-state index contributed by atoms with van der Waals surface area (Å²) in [6.07, 6.45) is 3.11. The molecule has 1 atom stereocenters. The smallest absolute Gasteiger partial charge is 0.303 e. The van der Waals surface area contributed by atoms with Crippen LogP contribution in [0.1, 0.15) is 67.7 Å². The molecule has 0 radical (unpaired) electrons. The quantitative estimate of drug-likeness (QED) is 0.700. The molecular weight excluding hydrogens is 214 g/mol. The molecule has 0 saturated carbocycles. The molecule has 0 saturated heterocycles. The third kappa shape index (κ3) is 12.9. The molecule has 1 unspecified atom stereocenters. The molecule has 0 aliphatic carbocycles. The normalized spacial score (nSPS) is 13.8. The van der Waals surface area contributed by atoms with Gasteiger partial charge < -0.3 is 4.74 Å². The monoisotopic (exact) mass is 241 g/mol. The Bertz CT molecular complexity index is 260. The maximum absolute atomic E-state index is 10.2. The SMILES string of the molecule is CC(=O)OC(C)(C)C.CCCC(C)(C#N)CC. The summed E-state index contributed by atoms with van der Waals surface area (Å²) in [6, 6.07) is 2.33. The molecule has 0 fully saturated rings. The number of esters is 1. The van der Waals surface area contributed by atoms with Gasteiger partial charge in [0.25, 0.3) is 0 Å². The highest BCUT2D eigenvalue weighted by atomic mass is 16.6. The number of ether oxygens (including phenoxy) is 1. The van der Waals surface area contributed by atoms with E-state index in [9.17, 15) is 4.79 Å². The Morgan fingerprint density at radius 1 is 1.24 bits per heavy atom. The Hall–Kier alpha value is -1.04. The number of nitriles is 1. The number of carbonyl (C=O) groups excluding carboxylic acids is 1. The summed E-state index contributed by atoms with van der Waals surface area (Å²) in [5, 5.41) is 8.67. The van der Waals surface area contributed by atoms with Crippen LogP contribution in [-0.2, 0) is 9.53 Å². The van der Waals surface area contributed by atoms with Crippen molar-refractivity contribution in [1.29, 1.82) is 5.26 Å². The zero-order chi connectivity index (χ0) is 14.1. The summed E-state index contributed by atoms with van der Waals surface area (Å²) < 4.78 is 4.80. The van der Waals surface area contributed by atoms with Crippen LogP contribution >= 0.6 is 0 Å². The van der Waals surface area contributed by atoms with Crippen molar-refractivity contribution < 1.29 is 9.53 Å². The lowest BCUT2D eigenvalue weighted by Gasteiger charge is -2.17. The molecule has 0 spiro atoms. The third-order valence-electron chi connectivity index (χ3n) is 2.30. The Balaban J connectivity index is 0. The minimum atomic E-state index is -0.328. The summed E-state index contributed by atoms with van der Waals surface area (Å²) in [5.74, 6) is -0.225. The molecule has 0 bridgehead atoms. The van der Waals surface area contributed by atoms with Crippen molar-refractivity contribution in [1.82, 2.24) is 0 Å². The van der Waals surface area contributed by atoms with Crippen LogP contribution in [0, 0.1) is 16.7 Å². The van der Waals surface area contributed by atoms with E-state index in [1.165, 1.54) is 6.92 Å². The number of carbonyl (C=O) groups is 1. The number of hydrogen-bond donors (Lipinski definition) is 0. The molecule has 3 nitrogen and oxygen atoms in total. The van der Waals surface area contributed by atoms with Crippen LogP contribution in [0.4, 0.5) is 0 Å². The number of nitrogens with zero attached hydrogens (tertiary/aromatic N) is 1. The van der Waals surface area contributed by atoms with E-state index in [1.54, 1.807) is 0 Å². The fraction of sp³-hybridized carbons (Fsp3) is 0.857. The van der Waals surface area contributed by atoms with Crippen LogP contribution in [0.3, 0.4) is 0 Å². The van der Waals surface area contributed by atoms with Crippen LogP contribution in [0.15, 0.2) is 0 Å². The molecule has 0 aliphatic rings. The fourth-order valence-corrected chi connectivity index (χ4v) is 1.29. The van der Waals surface area contributed by atoms with Gasteiger partial charge in [-0.25, -0.2) is 0 Å². The van der Waals surface area contributed by atoms with E-state index in [-0.39, 0.29) is 17.0 Å². The first kappa shape index (κ1) is 18.3. The summed E-state index contributed by atoms with van der Waals surface area (Å²) >= 11 is 0.